The van der Waals surface area contributed by atoms with Crippen molar-refractivity contribution in [1.29, 1.82) is 0 Å². The van der Waals surface area contributed by atoms with Crippen molar-refractivity contribution >= 4 is 17.5 Å². The molecule has 0 aliphatic carbocycles. The number of methoxy groups -OCH3 is 1. The zero-order valence-corrected chi connectivity index (χ0v) is 14.8. The Bertz CT molecular complexity index is 721. The lowest BCUT2D eigenvalue weighted by Crippen LogP contribution is -2.43. The Labute approximate surface area is 152 Å². The summed E-state index contributed by atoms with van der Waals surface area (Å²) in [7, 11) is 1.65. The third kappa shape index (κ3) is 4.72. The molecule has 132 valence electrons. The van der Waals surface area contributed by atoms with Gasteiger partial charge in [0.25, 0.3) is 0 Å². The van der Waals surface area contributed by atoms with Gasteiger partial charge in [-0.2, -0.15) is 0 Å². The second kappa shape index (κ2) is 8.34. The van der Waals surface area contributed by atoms with Crippen molar-refractivity contribution in [2.75, 3.05) is 13.7 Å². The van der Waals surface area contributed by atoms with E-state index >= 15 is 0 Å². The van der Waals surface area contributed by atoms with Crippen molar-refractivity contribution in [3.8, 4) is 5.75 Å². The number of hydrazine groups is 1. The minimum absolute atomic E-state index is 0.00513. The topological polar surface area (TPSA) is 62.4 Å². The first kappa shape index (κ1) is 17.7. The molecule has 2 aromatic rings. The molecule has 3 rings (SSSR count). The summed E-state index contributed by atoms with van der Waals surface area (Å²) in [6.45, 7) is 0.602. The molecule has 2 unspecified atom stereocenters. The highest BCUT2D eigenvalue weighted by Gasteiger charge is 2.29. The first-order valence-electron chi connectivity index (χ1n) is 8.33. The summed E-state index contributed by atoms with van der Waals surface area (Å²) in [6.07, 6.45) is 1.47. The number of benzene rings is 2. The van der Waals surface area contributed by atoms with E-state index in [9.17, 15) is 4.79 Å². The molecule has 1 fully saturated rings. The van der Waals surface area contributed by atoms with E-state index in [1.807, 2.05) is 48.5 Å². The molecule has 1 heterocycles. The first-order valence-corrected chi connectivity index (χ1v) is 8.70. The lowest BCUT2D eigenvalue weighted by atomic mass is 10.0. The van der Waals surface area contributed by atoms with Gasteiger partial charge >= 0.3 is 0 Å². The molecule has 2 atom stereocenters. The number of rotatable bonds is 6. The van der Waals surface area contributed by atoms with Crippen LogP contribution in [0.15, 0.2) is 48.5 Å². The standard InChI is InChI=1S/C19H22ClN3O2/c1-25-16-7-5-13(6-8-16)9-10-21-19(24)18-12-17(22-23-18)14-3-2-4-15(20)11-14/h2-8,11,17-18,22-23H,9-10,12H2,1H3,(H,21,24). The van der Waals surface area contributed by atoms with Gasteiger partial charge in [-0.3, -0.25) is 4.79 Å². The van der Waals surface area contributed by atoms with Crippen LogP contribution in [0, 0.1) is 0 Å². The van der Waals surface area contributed by atoms with E-state index in [4.69, 9.17) is 16.3 Å². The number of halogens is 1. The molecule has 0 radical (unpaired) electrons. The van der Waals surface area contributed by atoms with Crippen molar-refractivity contribution < 1.29 is 9.53 Å². The van der Waals surface area contributed by atoms with Gasteiger partial charge in [0.05, 0.1) is 7.11 Å². The summed E-state index contributed by atoms with van der Waals surface area (Å²) in [5.41, 5.74) is 8.47. The minimum atomic E-state index is -0.250. The molecular formula is C19H22ClN3O2. The first-order chi connectivity index (χ1) is 12.2. The molecule has 0 aromatic heterocycles. The summed E-state index contributed by atoms with van der Waals surface area (Å²) in [5.74, 6) is 0.839. The van der Waals surface area contributed by atoms with Gasteiger partial charge < -0.3 is 10.1 Å². The maximum Gasteiger partial charge on any atom is 0.238 e. The van der Waals surface area contributed by atoms with Gasteiger partial charge in [-0.05, 0) is 48.2 Å². The summed E-state index contributed by atoms with van der Waals surface area (Å²) in [4.78, 5) is 12.3. The monoisotopic (exact) mass is 359 g/mol. The van der Waals surface area contributed by atoms with Crippen LogP contribution in [0.2, 0.25) is 5.02 Å². The van der Waals surface area contributed by atoms with Crippen LogP contribution >= 0.6 is 11.6 Å². The summed E-state index contributed by atoms with van der Waals surface area (Å²) in [5, 5.41) is 3.69. The molecule has 25 heavy (non-hydrogen) atoms. The number of hydrogen-bond acceptors (Lipinski definition) is 4. The molecule has 3 N–H and O–H groups in total. The van der Waals surface area contributed by atoms with E-state index in [-0.39, 0.29) is 18.0 Å². The molecular weight excluding hydrogens is 338 g/mol. The SMILES string of the molecule is COc1ccc(CCNC(=O)C2CC(c3cccc(Cl)c3)NN2)cc1. The molecule has 1 aliphatic heterocycles. The third-order valence-corrected chi connectivity index (χ3v) is 4.58. The van der Waals surface area contributed by atoms with Crippen molar-refractivity contribution in [1.82, 2.24) is 16.2 Å². The highest BCUT2D eigenvalue weighted by Crippen LogP contribution is 2.24. The average molecular weight is 360 g/mol. The molecule has 6 heteroatoms. The Kier molecular flexibility index (Phi) is 5.91. The Morgan fingerprint density at radius 2 is 2.04 bits per heavy atom. The number of nitrogens with one attached hydrogen (secondary N) is 3. The lowest BCUT2D eigenvalue weighted by Gasteiger charge is -2.11. The van der Waals surface area contributed by atoms with Crippen LogP contribution in [0.5, 0.6) is 5.75 Å². The van der Waals surface area contributed by atoms with E-state index in [0.29, 0.717) is 18.0 Å². The quantitative estimate of drug-likeness (QED) is 0.742. The predicted octanol–water partition coefficient (Wildman–Crippen LogP) is 2.62. The number of carbonyl (C=O) groups excluding carboxylic acids is 1. The highest BCUT2D eigenvalue weighted by atomic mass is 35.5. The molecule has 0 spiro atoms. The summed E-state index contributed by atoms with van der Waals surface area (Å²) < 4.78 is 5.14. The van der Waals surface area contributed by atoms with Crippen molar-refractivity contribution in [2.24, 2.45) is 0 Å². The molecule has 1 amide bonds. The van der Waals surface area contributed by atoms with Gasteiger partial charge in [-0.1, -0.05) is 35.9 Å². The van der Waals surface area contributed by atoms with E-state index in [2.05, 4.69) is 16.2 Å². The Hall–Kier alpha value is -2.08. The number of carbonyl (C=O) groups is 1. The number of hydrogen-bond donors (Lipinski definition) is 3. The van der Waals surface area contributed by atoms with Crippen molar-refractivity contribution in [3.63, 3.8) is 0 Å². The normalized spacial score (nSPS) is 19.6. The van der Waals surface area contributed by atoms with E-state index in [1.54, 1.807) is 7.11 Å². The Balaban J connectivity index is 1.45. The van der Waals surface area contributed by atoms with Gasteiger partial charge in [-0.25, -0.2) is 10.9 Å². The van der Waals surface area contributed by atoms with Crippen LogP contribution in [0.3, 0.4) is 0 Å². The van der Waals surface area contributed by atoms with Crippen molar-refractivity contribution in [3.05, 3.63) is 64.7 Å². The van der Waals surface area contributed by atoms with E-state index < -0.39 is 0 Å². The molecule has 5 nitrogen and oxygen atoms in total. The predicted molar refractivity (Wildman–Crippen MR) is 98.6 cm³/mol. The second-order valence-corrected chi connectivity index (χ2v) is 6.51. The van der Waals surface area contributed by atoms with Gasteiger partial charge in [0.1, 0.15) is 11.8 Å². The van der Waals surface area contributed by atoms with Gasteiger partial charge in [0, 0.05) is 17.6 Å². The van der Waals surface area contributed by atoms with E-state index in [1.165, 1.54) is 0 Å². The second-order valence-electron chi connectivity index (χ2n) is 6.07. The molecule has 1 saturated heterocycles. The Morgan fingerprint density at radius 3 is 2.76 bits per heavy atom. The zero-order valence-electron chi connectivity index (χ0n) is 14.1. The van der Waals surface area contributed by atoms with Crippen LogP contribution in [-0.4, -0.2) is 25.6 Å². The van der Waals surface area contributed by atoms with Crippen molar-refractivity contribution in [2.45, 2.75) is 24.9 Å². The van der Waals surface area contributed by atoms with Gasteiger partial charge in [-0.15, -0.1) is 0 Å². The average Bonchev–Trinajstić information content (AvgIpc) is 3.12. The minimum Gasteiger partial charge on any atom is -0.497 e. The number of ether oxygens (including phenoxy) is 1. The van der Waals surface area contributed by atoms with Crippen LogP contribution in [0.1, 0.15) is 23.6 Å². The van der Waals surface area contributed by atoms with Gasteiger partial charge in [0.2, 0.25) is 5.91 Å². The zero-order chi connectivity index (χ0) is 17.6. The molecule has 2 aromatic carbocycles. The smallest absolute Gasteiger partial charge is 0.238 e. The van der Waals surface area contributed by atoms with Crippen LogP contribution < -0.4 is 20.9 Å². The largest absolute Gasteiger partial charge is 0.497 e. The lowest BCUT2D eigenvalue weighted by molar-refractivity contribution is -0.122. The highest BCUT2D eigenvalue weighted by molar-refractivity contribution is 6.30. The molecule has 1 aliphatic rings. The fourth-order valence-electron chi connectivity index (χ4n) is 2.92. The maximum atomic E-state index is 12.3. The fourth-order valence-corrected chi connectivity index (χ4v) is 3.11. The van der Waals surface area contributed by atoms with E-state index in [0.717, 1.165) is 23.3 Å². The van der Waals surface area contributed by atoms with Crippen LogP contribution in [0.4, 0.5) is 0 Å². The van der Waals surface area contributed by atoms with Crippen LogP contribution in [-0.2, 0) is 11.2 Å². The maximum absolute atomic E-state index is 12.3. The fraction of sp³-hybridized carbons (Fsp3) is 0.316. The van der Waals surface area contributed by atoms with Crippen LogP contribution in [0.25, 0.3) is 0 Å². The number of amides is 1. The summed E-state index contributed by atoms with van der Waals surface area (Å²) >= 11 is 6.03. The Morgan fingerprint density at radius 1 is 1.24 bits per heavy atom. The molecule has 0 bridgehead atoms. The van der Waals surface area contributed by atoms with Gasteiger partial charge in [0.15, 0.2) is 0 Å². The molecule has 0 saturated carbocycles. The summed E-state index contributed by atoms with van der Waals surface area (Å²) in [6, 6.07) is 15.4. The third-order valence-electron chi connectivity index (χ3n) is 4.34.